The molecule has 2 aromatic rings. The number of nitrogens with zero attached hydrogens (tertiary/aromatic N) is 5. The van der Waals surface area contributed by atoms with Gasteiger partial charge in [-0.2, -0.15) is 4.98 Å². The molecule has 0 spiro atoms. The molecule has 0 bridgehead atoms. The van der Waals surface area contributed by atoms with Crippen LogP contribution < -0.4 is 10.6 Å². The molecule has 130 valence electrons. The summed E-state index contributed by atoms with van der Waals surface area (Å²) in [5.41, 5.74) is 6.22. The molecule has 1 saturated heterocycles. The van der Waals surface area contributed by atoms with Gasteiger partial charge in [0, 0.05) is 24.7 Å². The van der Waals surface area contributed by atoms with Crippen molar-refractivity contribution in [3.05, 3.63) is 51.2 Å². The number of nitro groups is 1. The molecule has 0 saturated carbocycles. The summed E-state index contributed by atoms with van der Waals surface area (Å²) >= 11 is 5.86. The fourth-order valence-electron chi connectivity index (χ4n) is 2.53. The quantitative estimate of drug-likeness (QED) is 0.646. The molecule has 10 heteroatoms. The largest absolute Gasteiger partial charge is 0.378 e. The number of nitrogen functional groups attached to an aromatic ring is 1. The molecule has 3 rings (SSSR count). The number of rotatable bonds is 4. The summed E-state index contributed by atoms with van der Waals surface area (Å²) in [4.78, 5) is 33.8. The lowest BCUT2D eigenvalue weighted by Gasteiger charge is -2.34. The van der Waals surface area contributed by atoms with Crippen LogP contribution in [0.1, 0.15) is 5.56 Å². The van der Waals surface area contributed by atoms with Gasteiger partial charge in [-0.25, -0.2) is 4.98 Å². The molecular weight excluding hydrogens is 348 g/mol. The lowest BCUT2D eigenvalue weighted by molar-refractivity contribution is -0.384. The zero-order valence-corrected chi connectivity index (χ0v) is 13.9. The highest BCUT2D eigenvalue weighted by atomic mass is 35.5. The van der Waals surface area contributed by atoms with Gasteiger partial charge < -0.3 is 15.5 Å². The van der Waals surface area contributed by atoms with Crippen molar-refractivity contribution in [3.63, 3.8) is 0 Å². The molecule has 0 aliphatic carbocycles. The maximum Gasteiger partial charge on any atom is 0.329 e. The monoisotopic (exact) mass is 362 g/mol. The smallest absolute Gasteiger partial charge is 0.329 e. The zero-order valence-electron chi connectivity index (χ0n) is 13.1. The zero-order chi connectivity index (χ0) is 18.0. The van der Waals surface area contributed by atoms with E-state index < -0.39 is 4.92 Å². The van der Waals surface area contributed by atoms with Crippen molar-refractivity contribution in [2.45, 2.75) is 6.54 Å². The first-order valence-electron chi connectivity index (χ1n) is 7.48. The van der Waals surface area contributed by atoms with Gasteiger partial charge >= 0.3 is 5.69 Å². The van der Waals surface area contributed by atoms with E-state index in [9.17, 15) is 14.9 Å². The highest BCUT2D eigenvalue weighted by Gasteiger charge is 2.26. The third kappa shape index (κ3) is 3.77. The van der Waals surface area contributed by atoms with Crippen LogP contribution in [-0.2, 0) is 11.3 Å². The molecule has 1 aliphatic rings. The Labute approximate surface area is 148 Å². The van der Waals surface area contributed by atoms with Crippen molar-refractivity contribution in [2.75, 3.05) is 30.3 Å². The molecular formula is C15H15ClN6O3. The number of carbonyl (C=O) groups excluding carboxylic acids is 1. The molecule has 1 aromatic carbocycles. The van der Waals surface area contributed by atoms with Gasteiger partial charge in [-0.3, -0.25) is 14.9 Å². The van der Waals surface area contributed by atoms with Crippen molar-refractivity contribution < 1.29 is 9.72 Å². The molecule has 0 radical (unpaired) electrons. The Hall–Kier alpha value is -2.94. The standard InChI is InChI=1S/C15H15ClN6O3/c16-11-3-1-10(2-4-11)8-20-5-6-21(9-13(20)23)15-18-7-12(22(24)25)14(17)19-15/h1-4,7H,5-6,8-9H2,(H2,17,18,19). The van der Waals surface area contributed by atoms with E-state index in [1.54, 1.807) is 21.9 Å². The summed E-state index contributed by atoms with van der Waals surface area (Å²) in [6, 6.07) is 7.32. The first kappa shape index (κ1) is 16.9. The summed E-state index contributed by atoms with van der Waals surface area (Å²) < 4.78 is 0. The van der Waals surface area contributed by atoms with Crippen LogP contribution in [-0.4, -0.2) is 45.3 Å². The highest BCUT2D eigenvalue weighted by Crippen LogP contribution is 2.21. The topological polar surface area (TPSA) is 118 Å². The maximum atomic E-state index is 12.4. The van der Waals surface area contributed by atoms with Crippen molar-refractivity contribution >= 4 is 35.0 Å². The normalized spacial score (nSPS) is 14.7. The minimum absolute atomic E-state index is 0.0817. The number of anilines is 2. The van der Waals surface area contributed by atoms with E-state index in [-0.39, 0.29) is 29.9 Å². The first-order chi connectivity index (χ1) is 11.9. The second kappa shape index (κ2) is 6.89. The molecule has 1 aliphatic heterocycles. The third-order valence-corrected chi connectivity index (χ3v) is 4.12. The number of hydrogen-bond donors (Lipinski definition) is 1. The molecule has 1 fully saturated rings. The van der Waals surface area contributed by atoms with Gasteiger partial charge in [0.05, 0.1) is 4.92 Å². The summed E-state index contributed by atoms with van der Waals surface area (Å²) in [5, 5.41) is 11.4. The van der Waals surface area contributed by atoms with Gasteiger partial charge in [-0.1, -0.05) is 23.7 Å². The summed E-state index contributed by atoms with van der Waals surface area (Å²) in [7, 11) is 0. The Morgan fingerprint density at radius 2 is 2.00 bits per heavy atom. The minimum Gasteiger partial charge on any atom is -0.378 e. The average Bonchev–Trinajstić information content (AvgIpc) is 2.58. The number of aromatic nitrogens is 2. The number of nitrogens with two attached hydrogens (primary N) is 1. The minimum atomic E-state index is -0.645. The molecule has 25 heavy (non-hydrogen) atoms. The fraction of sp³-hybridized carbons (Fsp3) is 0.267. The molecule has 2 heterocycles. The first-order valence-corrected chi connectivity index (χ1v) is 7.86. The van der Waals surface area contributed by atoms with E-state index in [1.165, 1.54) is 0 Å². The van der Waals surface area contributed by atoms with E-state index in [0.29, 0.717) is 24.7 Å². The summed E-state index contributed by atoms with van der Waals surface area (Å²) in [6.07, 6.45) is 1.06. The Balaban J connectivity index is 1.67. The number of carbonyl (C=O) groups is 1. The van der Waals surface area contributed by atoms with Crippen LogP contribution in [0.25, 0.3) is 0 Å². The second-order valence-corrected chi connectivity index (χ2v) is 6.00. The van der Waals surface area contributed by atoms with E-state index >= 15 is 0 Å². The number of benzene rings is 1. The van der Waals surface area contributed by atoms with Crippen LogP contribution in [0.15, 0.2) is 30.5 Å². The number of piperazine rings is 1. The number of amides is 1. The highest BCUT2D eigenvalue weighted by molar-refractivity contribution is 6.30. The second-order valence-electron chi connectivity index (χ2n) is 5.56. The summed E-state index contributed by atoms with van der Waals surface area (Å²) in [6.45, 7) is 1.58. The van der Waals surface area contributed by atoms with Crippen LogP contribution in [0.5, 0.6) is 0 Å². The lowest BCUT2D eigenvalue weighted by atomic mass is 10.2. The van der Waals surface area contributed by atoms with E-state index in [4.69, 9.17) is 17.3 Å². The fourth-order valence-corrected chi connectivity index (χ4v) is 2.65. The predicted octanol–water partition coefficient (Wildman–Crippen LogP) is 1.47. The van der Waals surface area contributed by atoms with E-state index in [0.717, 1.165) is 11.8 Å². The van der Waals surface area contributed by atoms with Crippen molar-refractivity contribution in [3.8, 4) is 0 Å². The summed E-state index contributed by atoms with van der Waals surface area (Å²) in [5.74, 6) is -0.0876. The molecule has 0 atom stereocenters. The number of hydrogen-bond acceptors (Lipinski definition) is 7. The number of halogens is 1. The Kier molecular flexibility index (Phi) is 4.66. The van der Waals surface area contributed by atoms with Crippen LogP contribution in [0.4, 0.5) is 17.5 Å². The average molecular weight is 363 g/mol. The molecule has 9 nitrogen and oxygen atoms in total. The van der Waals surface area contributed by atoms with Crippen LogP contribution in [0.3, 0.4) is 0 Å². The Morgan fingerprint density at radius 3 is 2.60 bits per heavy atom. The van der Waals surface area contributed by atoms with Crippen molar-refractivity contribution in [1.82, 2.24) is 14.9 Å². The van der Waals surface area contributed by atoms with E-state index in [2.05, 4.69) is 9.97 Å². The van der Waals surface area contributed by atoms with Gasteiger partial charge in [0.15, 0.2) is 0 Å². The Morgan fingerprint density at radius 1 is 1.28 bits per heavy atom. The molecule has 2 N–H and O–H groups in total. The maximum absolute atomic E-state index is 12.4. The molecule has 0 unspecified atom stereocenters. The van der Waals surface area contributed by atoms with Crippen molar-refractivity contribution in [1.29, 1.82) is 0 Å². The van der Waals surface area contributed by atoms with Gasteiger partial charge in [0.25, 0.3) is 0 Å². The SMILES string of the molecule is Nc1nc(N2CCN(Cc3ccc(Cl)cc3)C(=O)C2)ncc1[N+](=O)[O-]. The Bertz CT molecular complexity index is 813. The molecule has 1 amide bonds. The van der Waals surface area contributed by atoms with Crippen LogP contribution >= 0.6 is 11.6 Å². The van der Waals surface area contributed by atoms with Crippen molar-refractivity contribution in [2.24, 2.45) is 0 Å². The van der Waals surface area contributed by atoms with Gasteiger partial charge in [0.2, 0.25) is 17.7 Å². The van der Waals surface area contributed by atoms with Gasteiger partial charge in [0.1, 0.15) is 12.7 Å². The third-order valence-electron chi connectivity index (χ3n) is 3.87. The predicted molar refractivity (Wildman–Crippen MR) is 92.2 cm³/mol. The molecule has 1 aromatic heterocycles. The van der Waals surface area contributed by atoms with E-state index in [1.807, 2.05) is 12.1 Å². The van der Waals surface area contributed by atoms with Gasteiger partial charge in [-0.05, 0) is 17.7 Å². The van der Waals surface area contributed by atoms with Crippen LogP contribution in [0, 0.1) is 10.1 Å². The lowest BCUT2D eigenvalue weighted by Crippen LogP contribution is -2.50. The van der Waals surface area contributed by atoms with Gasteiger partial charge in [-0.15, -0.1) is 0 Å². The van der Waals surface area contributed by atoms with Crippen LogP contribution in [0.2, 0.25) is 5.02 Å².